The monoisotopic (exact) mass is 486 g/mol. The molecule has 0 bridgehead atoms. The summed E-state index contributed by atoms with van der Waals surface area (Å²) in [6.45, 7) is 9.24. The van der Waals surface area contributed by atoms with E-state index in [2.05, 4.69) is 25.3 Å². The number of hydrogen-bond donors (Lipinski definition) is 2. The topological polar surface area (TPSA) is 122 Å². The summed E-state index contributed by atoms with van der Waals surface area (Å²) in [6, 6.07) is 4.51. The van der Waals surface area contributed by atoms with Crippen LogP contribution in [0.25, 0.3) is 10.9 Å². The normalized spacial score (nSPS) is 18.1. The van der Waals surface area contributed by atoms with Crippen LogP contribution in [-0.4, -0.2) is 44.8 Å². The van der Waals surface area contributed by atoms with Crippen molar-refractivity contribution < 1.29 is 14.3 Å². The van der Waals surface area contributed by atoms with Gasteiger partial charge in [-0.15, -0.1) is 0 Å². The van der Waals surface area contributed by atoms with E-state index in [0.717, 1.165) is 5.39 Å². The Balaban J connectivity index is 1.66. The summed E-state index contributed by atoms with van der Waals surface area (Å²) in [4.78, 5) is 42.9. The van der Waals surface area contributed by atoms with Crippen LogP contribution >= 0.6 is 11.6 Å². The number of pyridine rings is 1. The number of carbonyl (C=O) groups excluding carboxylic acids is 1. The van der Waals surface area contributed by atoms with E-state index < -0.39 is 17.7 Å². The lowest BCUT2D eigenvalue weighted by atomic mass is 9.97. The second-order valence-electron chi connectivity index (χ2n) is 8.77. The maximum absolute atomic E-state index is 12.8. The molecule has 3 aromatic rings. The van der Waals surface area contributed by atoms with Crippen molar-refractivity contribution in [2.75, 3.05) is 17.3 Å². The number of nitrogens with zero attached hydrogens (tertiary/aromatic N) is 4. The number of cyclic esters (lactones) is 1. The molecule has 4 rings (SSSR count). The van der Waals surface area contributed by atoms with Crippen molar-refractivity contribution in [3.8, 4) is 5.75 Å². The van der Waals surface area contributed by atoms with Crippen LogP contribution in [0.2, 0.25) is 5.02 Å². The first kappa shape index (κ1) is 23.7. The Kier molecular flexibility index (Phi) is 6.11. The second-order valence-corrected chi connectivity index (χ2v) is 9.17. The summed E-state index contributed by atoms with van der Waals surface area (Å²) >= 11 is 6.26. The molecule has 180 valence electrons. The first-order valence-corrected chi connectivity index (χ1v) is 11.3. The summed E-state index contributed by atoms with van der Waals surface area (Å²) in [5.41, 5.74) is 0.150. The number of nitrogens with one attached hydrogen (secondary N) is 2. The number of aromatic amines is 1. The number of ether oxygens (including phenoxy) is 2. The quantitative estimate of drug-likeness (QED) is 0.526. The van der Waals surface area contributed by atoms with Gasteiger partial charge >= 0.3 is 6.09 Å². The van der Waals surface area contributed by atoms with Crippen LogP contribution in [0.3, 0.4) is 0 Å². The fourth-order valence-corrected chi connectivity index (χ4v) is 4.54. The summed E-state index contributed by atoms with van der Waals surface area (Å²) in [5, 5.41) is 4.36. The molecule has 2 aromatic heterocycles. The molecule has 1 fully saturated rings. The van der Waals surface area contributed by atoms with Crippen LogP contribution in [0, 0.1) is 6.92 Å². The van der Waals surface area contributed by atoms with Gasteiger partial charge in [0.15, 0.2) is 0 Å². The third-order valence-electron chi connectivity index (χ3n) is 5.96. The number of anilines is 2. The van der Waals surface area contributed by atoms with E-state index >= 15 is 0 Å². The summed E-state index contributed by atoms with van der Waals surface area (Å²) < 4.78 is 10.8. The Morgan fingerprint density at radius 3 is 2.68 bits per heavy atom. The molecule has 34 heavy (non-hydrogen) atoms. The molecule has 10 nitrogen and oxygen atoms in total. The van der Waals surface area contributed by atoms with Crippen molar-refractivity contribution in [1.82, 2.24) is 19.9 Å². The van der Waals surface area contributed by atoms with Crippen LogP contribution in [0.15, 0.2) is 23.0 Å². The van der Waals surface area contributed by atoms with Crippen LogP contribution in [0.4, 0.5) is 16.7 Å². The molecular formula is C23H27ClN6O4. The molecule has 3 heterocycles. The van der Waals surface area contributed by atoms with Gasteiger partial charge in [0, 0.05) is 17.0 Å². The molecule has 0 unspecified atom stereocenters. The fraction of sp³-hybridized carbons (Fsp3) is 0.435. The summed E-state index contributed by atoms with van der Waals surface area (Å²) in [6.07, 6.45) is 0.169. The zero-order valence-corrected chi connectivity index (χ0v) is 20.6. The molecule has 1 amide bonds. The number of amides is 1. The number of carbonyl (C=O) groups is 1. The average molecular weight is 487 g/mol. The number of fused-ring (bicyclic) bond motifs is 1. The summed E-state index contributed by atoms with van der Waals surface area (Å²) in [5.74, 6) is 1.36. The minimum Gasteiger partial charge on any atom is -0.495 e. The lowest BCUT2D eigenvalue weighted by Crippen LogP contribution is -2.42. The second kappa shape index (κ2) is 8.75. The van der Waals surface area contributed by atoms with Crippen LogP contribution in [-0.2, 0) is 4.74 Å². The van der Waals surface area contributed by atoms with Gasteiger partial charge in [0.25, 0.3) is 5.56 Å². The molecule has 0 saturated carbocycles. The predicted molar refractivity (Wildman–Crippen MR) is 130 cm³/mol. The molecular weight excluding hydrogens is 460 g/mol. The fourth-order valence-electron chi connectivity index (χ4n) is 4.29. The van der Waals surface area contributed by atoms with E-state index in [1.54, 1.807) is 25.1 Å². The first-order chi connectivity index (χ1) is 16.0. The van der Waals surface area contributed by atoms with Crippen LogP contribution < -0.4 is 20.5 Å². The molecule has 1 aliphatic heterocycles. The standard InChI is InChI=1S/C23H27ClN6O4/c1-7-18-23(4,5)34-22(32)30(18)21-27-12(3)26-20(29-21)25-11(2)14-8-13-9-15(24)17(33-6)10-16(13)28-19(14)31/h8-11,18H,7H2,1-6H3,(H,28,31)(H,25,26,27,29)/t11-,18-/m0/s1. The highest BCUT2D eigenvalue weighted by Crippen LogP contribution is 2.34. The number of H-pyrrole nitrogens is 1. The highest BCUT2D eigenvalue weighted by Gasteiger charge is 2.48. The van der Waals surface area contributed by atoms with Crippen molar-refractivity contribution in [3.63, 3.8) is 0 Å². The average Bonchev–Trinajstić information content (AvgIpc) is 2.99. The number of halogens is 1. The molecule has 0 spiro atoms. The molecule has 1 aliphatic rings. The Morgan fingerprint density at radius 2 is 2.00 bits per heavy atom. The first-order valence-electron chi connectivity index (χ1n) is 11.0. The number of methoxy groups -OCH3 is 1. The van der Waals surface area contributed by atoms with Crippen molar-refractivity contribution in [2.24, 2.45) is 0 Å². The maximum Gasteiger partial charge on any atom is 0.417 e. The van der Waals surface area contributed by atoms with Gasteiger partial charge in [-0.3, -0.25) is 4.79 Å². The van der Waals surface area contributed by atoms with Gasteiger partial charge in [0.1, 0.15) is 17.2 Å². The van der Waals surface area contributed by atoms with Crippen molar-refractivity contribution in [3.05, 3.63) is 45.0 Å². The van der Waals surface area contributed by atoms with E-state index in [9.17, 15) is 9.59 Å². The van der Waals surface area contributed by atoms with Gasteiger partial charge in [-0.1, -0.05) is 18.5 Å². The van der Waals surface area contributed by atoms with Gasteiger partial charge in [0.2, 0.25) is 11.9 Å². The molecule has 1 saturated heterocycles. The zero-order valence-electron chi connectivity index (χ0n) is 19.9. The maximum atomic E-state index is 12.8. The van der Waals surface area contributed by atoms with Gasteiger partial charge < -0.3 is 19.8 Å². The highest BCUT2D eigenvalue weighted by molar-refractivity contribution is 6.32. The van der Waals surface area contributed by atoms with Crippen LogP contribution in [0.1, 0.15) is 51.5 Å². The minimum atomic E-state index is -0.671. The number of aryl methyl sites for hydroxylation is 1. The van der Waals surface area contributed by atoms with E-state index in [0.29, 0.717) is 34.1 Å². The number of rotatable bonds is 6. The third-order valence-corrected chi connectivity index (χ3v) is 6.25. The Bertz CT molecular complexity index is 1320. The molecule has 1 aromatic carbocycles. The lowest BCUT2D eigenvalue weighted by Gasteiger charge is -2.26. The number of aromatic nitrogens is 4. The van der Waals surface area contributed by atoms with Gasteiger partial charge in [-0.25, -0.2) is 9.69 Å². The number of hydrogen-bond acceptors (Lipinski definition) is 8. The predicted octanol–water partition coefficient (Wildman–Crippen LogP) is 4.37. The minimum absolute atomic E-state index is 0.205. The Hall–Kier alpha value is -3.40. The molecule has 0 aliphatic carbocycles. The van der Waals surface area contributed by atoms with Gasteiger partial charge in [-0.05, 0) is 46.2 Å². The molecule has 11 heteroatoms. The lowest BCUT2D eigenvalue weighted by molar-refractivity contribution is 0.0678. The van der Waals surface area contributed by atoms with Crippen molar-refractivity contribution in [2.45, 2.75) is 58.7 Å². The van der Waals surface area contributed by atoms with Crippen molar-refractivity contribution in [1.29, 1.82) is 0 Å². The third kappa shape index (κ3) is 4.25. The van der Waals surface area contributed by atoms with Gasteiger partial charge in [0.05, 0.1) is 29.7 Å². The van der Waals surface area contributed by atoms with E-state index in [1.165, 1.54) is 12.0 Å². The van der Waals surface area contributed by atoms with Gasteiger partial charge in [-0.2, -0.15) is 15.0 Å². The van der Waals surface area contributed by atoms with E-state index in [4.69, 9.17) is 21.1 Å². The molecule has 2 N–H and O–H groups in total. The Morgan fingerprint density at radius 1 is 1.26 bits per heavy atom. The zero-order chi connectivity index (χ0) is 24.8. The number of benzene rings is 1. The van der Waals surface area contributed by atoms with E-state index in [1.807, 2.05) is 27.7 Å². The smallest absolute Gasteiger partial charge is 0.417 e. The van der Waals surface area contributed by atoms with Crippen LogP contribution in [0.5, 0.6) is 5.75 Å². The Labute approximate surface area is 201 Å². The molecule has 2 atom stereocenters. The SMILES string of the molecule is CC[C@@H]1N(c2nc(C)nc(N[C@@H](C)c3cc4cc(Cl)c(OC)cc4[nH]c3=O)n2)C(=O)OC1(C)C. The van der Waals surface area contributed by atoms with E-state index in [-0.39, 0.29) is 23.5 Å². The highest BCUT2D eigenvalue weighted by atomic mass is 35.5. The molecule has 0 radical (unpaired) electrons. The largest absolute Gasteiger partial charge is 0.495 e. The van der Waals surface area contributed by atoms with Crippen molar-refractivity contribution >= 4 is 40.5 Å². The summed E-state index contributed by atoms with van der Waals surface area (Å²) in [7, 11) is 1.52.